The summed E-state index contributed by atoms with van der Waals surface area (Å²) in [5.41, 5.74) is 5.36. The van der Waals surface area contributed by atoms with Crippen LogP contribution in [0, 0.1) is 12.8 Å². The molecule has 0 aliphatic heterocycles. The van der Waals surface area contributed by atoms with E-state index in [0.717, 1.165) is 17.4 Å². The lowest BCUT2D eigenvalue weighted by Crippen LogP contribution is -2.38. The van der Waals surface area contributed by atoms with Gasteiger partial charge in [0.15, 0.2) is 0 Å². The van der Waals surface area contributed by atoms with Gasteiger partial charge >= 0.3 is 0 Å². The molecule has 0 heterocycles. The summed E-state index contributed by atoms with van der Waals surface area (Å²) in [6.07, 6.45) is 7.58. The largest absolute Gasteiger partial charge is 0.271 e. The first-order chi connectivity index (χ1) is 8.69. The van der Waals surface area contributed by atoms with E-state index in [4.69, 9.17) is 17.4 Å². The van der Waals surface area contributed by atoms with Crippen molar-refractivity contribution in [2.75, 3.05) is 0 Å². The first-order valence-electron chi connectivity index (χ1n) is 6.90. The van der Waals surface area contributed by atoms with Crippen molar-refractivity contribution in [1.82, 2.24) is 5.43 Å². The zero-order chi connectivity index (χ0) is 13.0. The van der Waals surface area contributed by atoms with Gasteiger partial charge in [0.25, 0.3) is 0 Å². The number of benzene rings is 1. The van der Waals surface area contributed by atoms with Crippen LogP contribution >= 0.6 is 11.6 Å². The first-order valence-corrected chi connectivity index (χ1v) is 7.28. The van der Waals surface area contributed by atoms with Gasteiger partial charge in [0, 0.05) is 11.1 Å². The van der Waals surface area contributed by atoms with Crippen LogP contribution < -0.4 is 11.3 Å². The molecule has 3 N–H and O–H groups in total. The van der Waals surface area contributed by atoms with Gasteiger partial charge in [0.1, 0.15) is 0 Å². The molecule has 0 saturated heterocycles. The number of hydrogen-bond donors (Lipinski definition) is 2. The molecule has 2 nitrogen and oxygen atoms in total. The summed E-state index contributed by atoms with van der Waals surface area (Å²) in [6.45, 7) is 2.06. The number of aryl methyl sites for hydroxylation is 1. The Hall–Kier alpha value is -0.570. The molecule has 3 heteroatoms. The fourth-order valence-electron chi connectivity index (χ4n) is 2.94. The molecule has 1 saturated carbocycles. The maximum Gasteiger partial charge on any atom is 0.0441 e. The van der Waals surface area contributed by atoms with Crippen molar-refractivity contribution in [3.05, 3.63) is 34.3 Å². The average Bonchev–Trinajstić information content (AvgIpc) is 2.84. The molecule has 0 radical (unpaired) electrons. The molecule has 1 atom stereocenters. The molecule has 1 fully saturated rings. The van der Waals surface area contributed by atoms with Crippen molar-refractivity contribution in [3.63, 3.8) is 0 Å². The highest BCUT2D eigenvalue weighted by atomic mass is 35.5. The van der Waals surface area contributed by atoms with Crippen LogP contribution in [0.5, 0.6) is 0 Å². The topological polar surface area (TPSA) is 38.0 Å². The fourth-order valence-corrected chi connectivity index (χ4v) is 3.25. The summed E-state index contributed by atoms with van der Waals surface area (Å²) in [7, 11) is 0. The van der Waals surface area contributed by atoms with Gasteiger partial charge in [0.05, 0.1) is 0 Å². The molecule has 2 rings (SSSR count). The molecule has 100 valence electrons. The van der Waals surface area contributed by atoms with E-state index in [1.165, 1.54) is 43.2 Å². The monoisotopic (exact) mass is 266 g/mol. The second kappa shape index (κ2) is 6.55. The van der Waals surface area contributed by atoms with Crippen molar-refractivity contribution >= 4 is 11.6 Å². The molecule has 1 aromatic rings. The molecule has 1 aliphatic rings. The average molecular weight is 267 g/mol. The Morgan fingerprint density at radius 3 is 2.72 bits per heavy atom. The van der Waals surface area contributed by atoms with Crippen LogP contribution in [0.3, 0.4) is 0 Å². The number of nitrogens with two attached hydrogens (primary N) is 1. The van der Waals surface area contributed by atoms with Crippen LogP contribution in [-0.4, -0.2) is 6.04 Å². The van der Waals surface area contributed by atoms with Gasteiger partial charge < -0.3 is 0 Å². The maximum atomic E-state index is 6.28. The van der Waals surface area contributed by atoms with Gasteiger partial charge in [-0.25, -0.2) is 0 Å². The van der Waals surface area contributed by atoms with Crippen molar-refractivity contribution in [2.45, 2.75) is 51.5 Å². The molecule has 1 unspecified atom stereocenters. The van der Waals surface area contributed by atoms with Crippen LogP contribution in [0.25, 0.3) is 0 Å². The SMILES string of the molecule is Cc1ccc(CC(CC2CCCC2)NN)c(Cl)c1. The summed E-state index contributed by atoms with van der Waals surface area (Å²) >= 11 is 6.28. The summed E-state index contributed by atoms with van der Waals surface area (Å²) in [6, 6.07) is 6.61. The minimum atomic E-state index is 0.341. The second-order valence-electron chi connectivity index (χ2n) is 5.55. The molecule has 1 aliphatic carbocycles. The predicted molar refractivity (Wildman–Crippen MR) is 77.6 cm³/mol. The van der Waals surface area contributed by atoms with Crippen LogP contribution in [-0.2, 0) is 6.42 Å². The van der Waals surface area contributed by atoms with Crippen molar-refractivity contribution in [3.8, 4) is 0 Å². The van der Waals surface area contributed by atoms with E-state index < -0.39 is 0 Å². The van der Waals surface area contributed by atoms with Crippen molar-refractivity contribution < 1.29 is 0 Å². The van der Waals surface area contributed by atoms with Gasteiger partial charge in [-0.1, -0.05) is 49.4 Å². The fraction of sp³-hybridized carbons (Fsp3) is 0.600. The lowest BCUT2D eigenvalue weighted by molar-refractivity contribution is 0.389. The minimum absolute atomic E-state index is 0.341. The lowest BCUT2D eigenvalue weighted by Gasteiger charge is -2.20. The van der Waals surface area contributed by atoms with Gasteiger partial charge in [-0.2, -0.15) is 0 Å². The van der Waals surface area contributed by atoms with Crippen LogP contribution in [0.2, 0.25) is 5.02 Å². The Labute approximate surface area is 115 Å². The van der Waals surface area contributed by atoms with E-state index in [2.05, 4.69) is 24.5 Å². The Morgan fingerprint density at radius 2 is 2.11 bits per heavy atom. The minimum Gasteiger partial charge on any atom is -0.271 e. The Bertz CT molecular complexity index is 386. The maximum absolute atomic E-state index is 6.28. The zero-order valence-corrected chi connectivity index (χ0v) is 11.8. The second-order valence-corrected chi connectivity index (χ2v) is 5.96. The highest BCUT2D eigenvalue weighted by Crippen LogP contribution is 2.29. The molecule has 18 heavy (non-hydrogen) atoms. The highest BCUT2D eigenvalue weighted by Gasteiger charge is 2.20. The molecular weight excluding hydrogens is 244 g/mol. The molecule has 0 bridgehead atoms. The van der Waals surface area contributed by atoms with E-state index in [1.807, 2.05) is 6.07 Å². The van der Waals surface area contributed by atoms with Gasteiger partial charge in [-0.05, 0) is 42.9 Å². The van der Waals surface area contributed by atoms with Crippen LogP contribution in [0.4, 0.5) is 0 Å². The number of hydrazine groups is 1. The number of nitrogens with one attached hydrogen (secondary N) is 1. The number of hydrogen-bond acceptors (Lipinski definition) is 2. The lowest BCUT2D eigenvalue weighted by atomic mass is 9.94. The quantitative estimate of drug-likeness (QED) is 0.631. The third-order valence-corrected chi connectivity index (χ3v) is 4.36. The van der Waals surface area contributed by atoms with E-state index in [9.17, 15) is 0 Å². The normalized spacial score (nSPS) is 18.2. The first kappa shape index (κ1) is 13.9. The third kappa shape index (κ3) is 3.71. The summed E-state index contributed by atoms with van der Waals surface area (Å²) in [5, 5.41) is 0.863. The molecular formula is C15H23ClN2. The van der Waals surface area contributed by atoms with Gasteiger partial charge in [-0.15, -0.1) is 0 Å². The standard InChI is InChI=1S/C15H23ClN2/c1-11-6-7-13(15(16)8-11)10-14(18-17)9-12-4-2-3-5-12/h6-8,12,14,18H,2-5,9-10,17H2,1H3. The summed E-state index contributed by atoms with van der Waals surface area (Å²) in [4.78, 5) is 0. The highest BCUT2D eigenvalue weighted by molar-refractivity contribution is 6.31. The zero-order valence-electron chi connectivity index (χ0n) is 11.1. The van der Waals surface area contributed by atoms with Crippen LogP contribution in [0.1, 0.15) is 43.2 Å². The Balaban J connectivity index is 1.96. The van der Waals surface area contributed by atoms with E-state index in [0.29, 0.717) is 6.04 Å². The number of rotatable bonds is 5. The molecule has 0 aromatic heterocycles. The van der Waals surface area contributed by atoms with Gasteiger partial charge in [0.2, 0.25) is 0 Å². The van der Waals surface area contributed by atoms with Crippen LogP contribution in [0.15, 0.2) is 18.2 Å². The van der Waals surface area contributed by atoms with Gasteiger partial charge in [-0.3, -0.25) is 11.3 Å². The molecule has 1 aromatic carbocycles. The van der Waals surface area contributed by atoms with E-state index >= 15 is 0 Å². The van der Waals surface area contributed by atoms with E-state index in [-0.39, 0.29) is 0 Å². The summed E-state index contributed by atoms with van der Waals surface area (Å²) in [5.74, 6) is 6.53. The Morgan fingerprint density at radius 1 is 1.39 bits per heavy atom. The molecule has 0 spiro atoms. The molecule has 0 amide bonds. The van der Waals surface area contributed by atoms with Crippen molar-refractivity contribution in [2.24, 2.45) is 11.8 Å². The number of halogens is 1. The smallest absolute Gasteiger partial charge is 0.0441 e. The summed E-state index contributed by atoms with van der Waals surface area (Å²) < 4.78 is 0. The van der Waals surface area contributed by atoms with Crippen molar-refractivity contribution in [1.29, 1.82) is 0 Å². The predicted octanol–water partition coefficient (Wildman–Crippen LogP) is 3.60. The third-order valence-electron chi connectivity index (χ3n) is 4.00. The Kier molecular flexibility index (Phi) is 5.04. The van der Waals surface area contributed by atoms with E-state index in [1.54, 1.807) is 0 Å².